The Labute approximate surface area is 155 Å². The molecule has 4 heterocycles. The van der Waals surface area contributed by atoms with E-state index in [2.05, 4.69) is 18.7 Å². The Bertz CT molecular complexity index is 323. The van der Waals surface area contributed by atoms with Gasteiger partial charge in [0.05, 0.1) is 26.3 Å². The number of hydrogen-bond donors (Lipinski definition) is 0. The molecule has 4 aliphatic rings. The molecule has 4 fully saturated rings. The highest BCUT2D eigenvalue weighted by molar-refractivity contribution is 7.66. The highest BCUT2D eigenvalue weighted by Gasteiger charge is 2.61. The van der Waals surface area contributed by atoms with Crippen molar-refractivity contribution in [2.45, 2.75) is 57.8 Å². The first-order valence-electron chi connectivity index (χ1n) is 10.9. The third-order valence-electron chi connectivity index (χ3n) is 6.50. The molecule has 4 aliphatic heterocycles. The first kappa shape index (κ1) is 18.6. The quantitative estimate of drug-likeness (QED) is 0.706. The summed E-state index contributed by atoms with van der Waals surface area (Å²) in [6.07, 6.45) is 12.7. The van der Waals surface area contributed by atoms with E-state index in [1.807, 2.05) is 0 Å². The van der Waals surface area contributed by atoms with Crippen LogP contribution in [0.15, 0.2) is 0 Å². The van der Waals surface area contributed by atoms with Gasteiger partial charge < -0.3 is 4.74 Å². The minimum atomic E-state index is -1.54. The fraction of sp³-hybridized carbons (Fsp3) is 1.00. The van der Waals surface area contributed by atoms with Crippen LogP contribution < -0.4 is 0 Å². The summed E-state index contributed by atoms with van der Waals surface area (Å²) in [6.45, 7) is 12.0. The molecule has 0 spiro atoms. The Morgan fingerprint density at radius 1 is 0.400 bits per heavy atom. The Morgan fingerprint density at radius 2 is 0.720 bits per heavy atom. The maximum Gasteiger partial charge on any atom is 0.308 e. The largest absolute Gasteiger partial charge is 0.378 e. The van der Waals surface area contributed by atoms with Gasteiger partial charge in [0.25, 0.3) is 0 Å². The van der Waals surface area contributed by atoms with Crippen molar-refractivity contribution in [3.63, 3.8) is 0 Å². The van der Waals surface area contributed by atoms with Crippen molar-refractivity contribution >= 4 is 7.87 Å². The topological polar surface area (TPSA) is 22.2 Å². The van der Waals surface area contributed by atoms with E-state index in [1.54, 1.807) is 0 Å². The number of hydrogen-bond acceptors (Lipinski definition) is 5. The zero-order valence-corrected chi connectivity index (χ0v) is 17.0. The van der Waals surface area contributed by atoms with E-state index in [-0.39, 0.29) is 0 Å². The van der Waals surface area contributed by atoms with Crippen LogP contribution in [0, 0.1) is 0 Å². The van der Waals surface area contributed by atoms with Crippen molar-refractivity contribution < 1.29 is 4.74 Å². The molecule has 0 amide bonds. The second-order valence-corrected chi connectivity index (χ2v) is 11.5. The Hall–Kier alpha value is 0.230. The molecular weight excluding hydrogens is 331 g/mol. The van der Waals surface area contributed by atoms with E-state index >= 15 is 0 Å². The van der Waals surface area contributed by atoms with E-state index < -0.39 is 7.87 Å². The molecule has 0 aromatic carbocycles. The first-order valence-corrected chi connectivity index (χ1v) is 12.5. The summed E-state index contributed by atoms with van der Waals surface area (Å²) in [5.41, 5.74) is 0. The SMILES string of the molecule is C1CCN([P+](N2CCCCC2)(N2CCCCC2)N2CCOCC2)CC1. The average molecular weight is 370 g/mol. The maximum atomic E-state index is 5.78. The second-order valence-electron chi connectivity index (χ2n) is 8.15. The lowest BCUT2D eigenvalue weighted by Crippen LogP contribution is -2.57. The molecule has 25 heavy (non-hydrogen) atoms. The molecule has 0 bridgehead atoms. The van der Waals surface area contributed by atoms with Crippen molar-refractivity contribution in [2.24, 2.45) is 0 Å². The van der Waals surface area contributed by atoms with E-state index in [9.17, 15) is 0 Å². The molecule has 4 saturated heterocycles. The number of morpholine rings is 1. The molecule has 0 unspecified atom stereocenters. The molecule has 0 atom stereocenters. The molecule has 0 aromatic heterocycles. The van der Waals surface area contributed by atoms with Crippen LogP contribution in [-0.4, -0.2) is 84.3 Å². The fourth-order valence-corrected chi connectivity index (χ4v) is 10.6. The first-order chi connectivity index (χ1) is 12.4. The zero-order valence-electron chi connectivity index (χ0n) is 16.1. The van der Waals surface area contributed by atoms with Crippen LogP contribution >= 0.6 is 7.87 Å². The predicted octanol–water partition coefficient (Wildman–Crippen LogP) is 3.45. The third kappa shape index (κ3) is 3.79. The highest BCUT2D eigenvalue weighted by Crippen LogP contribution is 2.71. The molecule has 0 N–H and O–H groups in total. The molecule has 144 valence electrons. The summed E-state index contributed by atoms with van der Waals surface area (Å²) in [5.74, 6) is 0. The second kappa shape index (κ2) is 8.95. The van der Waals surface area contributed by atoms with Gasteiger partial charge in [-0.15, -0.1) is 18.7 Å². The number of piperidine rings is 3. The molecule has 5 nitrogen and oxygen atoms in total. The molecular formula is C19H38N4OP+. The zero-order chi connectivity index (χ0) is 17.0. The molecule has 0 saturated carbocycles. The van der Waals surface area contributed by atoms with Crippen LogP contribution in [0.2, 0.25) is 0 Å². The summed E-state index contributed by atoms with van der Waals surface area (Å²) in [7, 11) is -1.54. The van der Waals surface area contributed by atoms with Gasteiger partial charge in [-0.25, -0.2) is 0 Å². The third-order valence-corrected chi connectivity index (χ3v) is 11.1. The lowest BCUT2D eigenvalue weighted by molar-refractivity contribution is 0.0583. The number of nitrogens with zero attached hydrogens (tertiary/aromatic N) is 4. The van der Waals surface area contributed by atoms with Gasteiger partial charge in [0.2, 0.25) is 0 Å². The highest BCUT2D eigenvalue weighted by atomic mass is 31.2. The smallest absolute Gasteiger partial charge is 0.308 e. The summed E-state index contributed by atoms with van der Waals surface area (Å²) in [5, 5.41) is 0. The van der Waals surface area contributed by atoms with Crippen molar-refractivity contribution in [3.8, 4) is 0 Å². The van der Waals surface area contributed by atoms with Gasteiger partial charge in [0.15, 0.2) is 0 Å². The normalized spacial score (nSPS) is 29.8. The van der Waals surface area contributed by atoms with Crippen LogP contribution in [0.25, 0.3) is 0 Å². The van der Waals surface area contributed by atoms with Crippen molar-refractivity contribution in [2.75, 3.05) is 65.6 Å². The summed E-state index contributed by atoms with van der Waals surface area (Å²) in [4.78, 5) is 0. The molecule has 0 aliphatic carbocycles. The minimum absolute atomic E-state index is 0.928. The van der Waals surface area contributed by atoms with Crippen molar-refractivity contribution in [1.29, 1.82) is 0 Å². The minimum Gasteiger partial charge on any atom is -0.378 e. The maximum absolute atomic E-state index is 5.78. The number of rotatable bonds is 4. The Balaban J connectivity index is 1.70. The van der Waals surface area contributed by atoms with Crippen molar-refractivity contribution in [3.05, 3.63) is 0 Å². The van der Waals surface area contributed by atoms with Gasteiger partial charge >= 0.3 is 7.87 Å². The standard InChI is InChI=1S/C19H38N4OP/c1-4-10-20(11-5-1)25(21-12-6-2-7-13-21,22-14-8-3-9-15-22)23-16-18-24-19-17-23/h1-19H2/q+1. The van der Waals surface area contributed by atoms with Crippen LogP contribution in [0.3, 0.4) is 0 Å². The predicted molar refractivity (Wildman–Crippen MR) is 106 cm³/mol. The Morgan fingerprint density at radius 3 is 1.08 bits per heavy atom. The molecule has 0 aromatic rings. The van der Waals surface area contributed by atoms with Gasteiger partial charge in [0, 0.05) is 39.3 Å². The van der Waals surface area contributed by atoms with Gasteiger partial charge in [-0.2, -0.15) is 0 Å². The summed E-state index contributed by atoms with van der Waals surface area (Å²) < 4.78 is 17.6. The van der Waals surface area contributed by atoms with E-state index in [0.717, 1.165) is 26.3 Å². The Kier molecular flexibility index (Phi) is 6.65. The van der Waals surface area contributed by atoms with Crippen molar-refractivity contribution in [1.82, 2.24) is 18.7 Å². The van der Waals surface area contributed by atoms with Gasteiger partial charge in [-0.3, -0.25) is 0 Å². The van der Waals surface area contributed by atoms with Crippen LogP contribution in [-0.2, 0) is 4.74 Å². The van der Waals surface area contributed by atoms with Crippen LogP contribution in [0.4, 0.5) is 0 Å². The van der Waals surface area contributed by atoms with Gasteiger partial charge in [-0.1, -0.05) is 19.3 Å². The summed E-state index contributed by atoms with van der Waals surface area (Å²) in [6, 6.07) is 0. The molecule has 4 rings (SSSR count). The lowest BCUT2D eigenvalue weighted by atomic mass is 10.2. The molecule has 6 heteroatoms. The monoisotopic (exact) mass is 369 g/mol. The average Bonchev–Trinajstić information content (AvgIpc) is 2.72. The summed E-state index contributed by atoms with van der Waals surface area (Å²) >= 11 is 0. The van der Waals surface area contributed by atoms with Crippen LogP contribution in [0.1, 0.15) is 57.8 Å². The van der Waals surface area contributed by atoms with Crippen LogP contribution in [0.5, 0.6) is 0 Å². The lowest BCUT2D eigenvalue weighted by Gasteiger charge is -2.54. The molecule has 0 radical (unpaired) electrons. The van der Waals surface area contributed by atoms with E-state index in [1.165, 1.54) is 97.1 Å². The van der Waals surface area contributed by atoms with Gasteiger partial charge in [-0.05, 0) is 38.5 Å². The van der Waals surface area contributed by atoms with E-state index in [4.69, 9.17) is 4.74 Å². The van der Waals surface area contributed by atoms with E-state index in [0.29, 0.717) is 0 Å². The fourth-order valence-electron chi connectivity index (χ4n) is 5.33. The number of ether oxygens (including phenoxy) is 1. The van der Waals surface area contributed by atoms with Gasteiger partial charge in [0.1, 0.15) is 0 Å².